The van der Waals surface area contributed by atoms with Crippen LogP contribution in [0.1, 0.15) is 30.7 Å². The third-order valence-corrected chi connectivity index (χ3v) is 6.89. The lowest BCUT2D eigenvalue weighted by Gasteiger charge is -2.29. The molecule has 4 heterocycles. The predicted molar refractivity (Wildman–Crippen MR) is 112 cm³/mol. The molecule has 2 aliphatic rings. The molecule has 1 N–H and O–H groups in total. The lowest BCUT2D eigenvalue weighted by Crippen LogP contribution is -2.37. The van der Waals surface area contributed by atoms with Gasteiger partial charge in [0, 0.05) is 36.5 Å². The van der Waals surface area contributed by atoms with E-state index in [0.29, 0.717) is 6.61 Å². The van der Waals surface area contributed by atoms with Gasteiger partial charge in [-0.05, 0) is 33.1 Å². The molecule has 0 atom stereocenters. The van der Waals surface area contributed by atoms with Gasteiger partial charge in [0.1, 0.15) is 5.82 Å². The van der Waals surface area contributed by atoms with Crippen molar-refractivity contribution in [2.24, 2.45) is 0 Å². The molecule has 0 unspecified atom stereocenters. The molecule has 0 aliphatic carbocycles. The standard InChI is InChI=1S/C19H28N4O2S2/c1-19(2)11-14-13(12-25-19)15-16(27-14)17(22-18(21-15)26-3)20-5-4-6-23-7-9-24-10-8-23/h4-12H2,1-3H3,(H,20,21,22). The Hall–Kier alpha value is -0.930. The molecule has 148 valence electrons. The summed E-state index contributed by atoms with van der Waals surface area (Å²) in [5, 5.41) is 4.40. The number of morpholine rings is 1. The van der Waals surface area contributed by atoms with Gasteiger partial charge in [-0.3, -0.25) is 4.90 Å². The third-order valence-electron chi connectivity index (χ3n) is 5.12. The molecule has 2 aromatic heterocycles. The Bertz CT molecular complexity index is 803. The van der Waals surface area contributed by atoms with Crippen molar-refractivity contribution in [1.29, 1.82) is 0 Å². The summed E-state index contributed by atoms with van der Waals surface area (Å²) in [6.45, 7) is 10.8. The second-order valence-electron chi connectivity index (χ2n) is 7.70. The van der Waals surface area contributed by atoms with Gasteiger partial charge in [0.2, 0.25) is 0 Å². The first-order valence-corrected chi connectivity index (χ1v) is 11.6. The minimum Gasteiger partial charge on any atom is -0.379 e. The van der Waals surface area contributed by atoms with Gasteiger partial charge in [0.05, 0.1) is 35.6 Å². The number of ether oxygens (including phenoxy) is 2. The highest BCUT2D eigenvalue weighted by Gasteiger charge is 2.30. The topological polar surface area (TPSA) is 59.5 Å². The highest BCUT2D eigenvalue weighted by atomic mass is 32.2. The van der Waals surface area contributed by atoms with E-state index in [-0.39, 0.29) is 5.60 Å². The van der Waals surface area contributed by atoms with Gasteiger partial charge in [0.25, 0.3) is 0 Å². The molecule has 0 radical (unpaired) electrons. The summed E-state index contributed by atoms with van der Waals surface area (Å²) in [5.41, 5.74) is 2.22. The minimum atomic E-state index is -0.102. The predicted octanol–water partition coefficient (Wildman–Crippen LogP) is 3.40. The number of aromatic nitrogens is 2. The van der Waals surface area contributed by atoms with Crippen LogP contribution >= 0.6 is 23.1 Å². The first-order chi connectivity index (χ1) is 13.1. The molecule has 0 saturated carbocycles. The summed E-state index contributed by atoms with van der Waals surface area (Å²) in [6.07, 6.45) is 4.07. The van der Waals surface area contributed by atoms with Crippen LogP contribution in [-0.2, 0) is 22.5 Å². The van der Waals surface area contributed by atoms with Crippen LogP contribution in [0.4, 0.5) is 5.82 Å². The highest BCUT2D eigenvalue weighted by molar-refractivity contribution is 7.98. The number of thiophene rings is 1. The third kappa shape index (κ3) is 4.40. The largest absolute Gasteiger partial charge is 0.379 e. The number of hydrogen-bond donors (Lipinski definition) is 1. The fraction of sp³-hybridized carbons (Fsp3) is 0.684. The molecule has 8 heteroatoms. The number of thioether (sulfide) groups is 1. The summed E-state index contributed by atoms with van der Waals surface area (Å²) in [5.74, 6) is 0.975. The quantitative estimate of drug-likeness (QED) is 0.446. The number of nitrogens with zero attached hydrogens (tertiary/aromatic N) is 3. The number of fused-ring (bicyclic) bond motifs is 3. The van der Waals surface area contributed by atoms with Gasteiger partial charge in [0.15, 0.2) is 5.16 Å². The summed E-state index contributed by atoms with van der Waals surface area (Å²) >= 11 is 3.42. The Kier molecular flexibility index (Phi) is 5.89. The first-order valence-electron chi connectivity index (χ1n) is 9.60. The first kappa shape index (κ1) is 19.4. The molecule has 1 fully saturated rings. The van der Waals surface area contributed by atoms with Crippen molar-refractivity contribution in [3.63, 3.8) is 0 Å². The zero-order valence-electron chi connectivity index (χ0n) is 16.3. The highest BCUT2D eigenvalue weighted by Crippen LogP contribution is 2.41. The summed E-state index contributed by atoms with van der Waals surface area (Å²) < 4.78 is 12.6. The SMILES string of the molecule is CSc1nc(NCCCN2CCOCC2)c2sc3c(c2n1)COC(C)(C)C3. The van der Waals surface area contributed by atoms with Gasteiger partial charge in [-0.25, -0.2) is 9.97 Å². The van der Waals surface area contributed by atoms with Crippen LogP contribution < -0.4 is 5.32 Å². The van der Waals surface area contributed by atoms with Gasteiger partial charge in [-0.2, -0.15) is 0 Å². The van der Waals surface area contributed by atoms with Crippen molar-refractivity contribution in [2.45, 2.75) is 44.1 Å². The number of hydrogen-bond acceptors (Lipinski definition) is 8. The van der Waals surface area contributed by atoms with Crippen molar-refractivity contribution in [3.8, 4) is 0 Å². The molecule has 4 rings (SSSR count). The average molecular weight is 409 g/mol. The molecular weight excluding hydrogens is 380 g/mol. The van der Waals surface area contributed by atoms with Crippen molar-refractivity contribution in [3.05, 3.63) is 10.4 Å². The molecule has 0 amide bonds. The second kappa shape index (κ2) is 8.21. The van der Waals surface area contributed by atoms with Crippen molar-refractivity contribution >= 4 is 39.1 Å². The second-order valence-corrected chi connectivity index (χ2v) is 9.58. The van der Waals surface area contributed by atoms with Crippen LogP contribution in [0.3, 0.4) is 0 Å². The lowest BCUT2D eigenvalue weighted by atomic mass is 9.98. The summed E-state index contributed by atoms with van der Waals surface area (Å²) in [4.78, 5) is 13.4. The van der Waals surface area contributed by atoms with Crippen LogP contribution in [0, 0.1) is 0 Å². The maximum Gasteiger partial charge on any atom is 0.189 e. The van der Waals surface area contributed by atoms with E-state index in [1.807, 2.05) is 17.6 Å². The van der Waals surface area contributed by atoms with E-state index >= 15 is 0 Å². The summed E-state index contributed by atoms with van der Waals surface area (Å²) in [7, 11) is 0. The molecule has 27 heavy (non-hydrogen) atoms. The molecule has 1 saturated heterocycles. The van der Waals surface area contributed by atoms with Gasteiger partial charge in [-0.15, -0.1) is 11.3 Å². The smallest absolute Gasteiger partial charge is 0.189 e. The van der Waals surface area contributed by atoms with Crippen LogP contribution in [0.15, 0.2) is 5.16 Å². The zero-order valence-corrected chi connectivity index (χ0v) is 18.0. The van der Waals surface area contributed by atoms with E-state index in [0.717, 1.165) is 68.7 Å². The molecule has 0 bridgehead atoms. The maximum atomic E-state index is 6.04. The number of anilines is 1. The van der Waals surface area contributed by atoms with Crippen molar-refractivity contribution in [1.82, 2.24) is 14.9 Å². The van der Waals surface area contributed by atoms with E-state index in [2.05, 4.69) is 24.1 Å². The van der Waals surface area contributed by atoms with E-state index in [1.165, 1.54) is 15.1 Å². The minimum absolute atomic E-state index is 0.102. The van der Waals surface area contributed by atoms with E-state index in [4.69, 9.17) is 19.4 Å². The van der Waals surface area contributed by atoms with Gasteiger partial charge >= 0.3 is 0 Å². The molecule has 2 aromatic rings. The van der Waals surface area contributed by atoms with Crippen LogP contribution in [0.5, 0.6) is 0 Å². The van der Waals surface area contributed by atoms with E-state index in [9.17, 15) is 0 Å². The van der Waals surface area contributed by atoms with Gasteiger partial charge in [-0.1, -0.05) is 11.8 Å². The fourth-order valence-corrected chi connectivity index (χ4v) is 5.38. The van der Waals surface area contributed by atoms with Crippen molar-refractivity contribution < 1.29 is 9.47 Å². The molecular formula is C19H28N4O2S2. The van der Waals surface area contributed by atoms with E-state index < -0.39 is 0 Å². The summed E-state index contributed by atoms with van der Waals surface area (Å²) in [6, 6.07) is 0. The Morgan fingerprint density at radius 1 is 1.26 bits per heavy atom. The van der Waals surface area contributed by atoms with E-state index in [1.54, 1.807) is 11.8 Å². The van der Waals surface area contributed by atoms with Crippen LogP contribution in [-0.4, -0.2) is 66.1 Å². The van der Waals surface area contributed by atoms with Crippen LogP contribution in [0.25, 0.3) is 10.2 Å². The Morgan fingerprint density at radius 3 is 2.85 bits per heavy atom. The van der Waals surface area contributed by atoms with Crippen molar-refractivity contribution in [2.75, 3.05) is 51.0 Å². The Morgan fingerprint density at radius 2 is 2.07 bits per heavy atom. The van der Waals surface area contributed by atoms with Crippen LogP contribution in [0.2, 0.25) is 0 Å². The van der Waals surface area contributed by atoms with Gasteiger partial charge < -0.3 is 14.8 Å². The zero-order chi connectivity index (χ0) is 18.9. The molecule has 2 aliphatic heterocycles. The normalized spacial score (nSPS) is 20.0. The molecule has 0 aromatic carbocycles. The fourth-order valence-electron chi connectivity index (χ4n) is 3.59. The average Bonchev–Trinajstić information content (AvgIpc) is 3.02. The maximum absolute atomic E-state index is 6.04. The number of nitrogens with one attached hydrogen (secondary N) is 1. The number of rotatable bonds is 6. The Balaban J connectivity index is 1.50. The molecule has 6 nitrogen and oxygen atoms in total. The monoisotopic (exact) mass is 408 g/mol. The molecule has 0 spiro atoms. The Labute approximate surface area is 169 Å². The lowest BCUT2D eigenvalue weighted by molar-refractivity contribution is -0.0383.